The third kappa shape index (κ3) is 5.01. The molecule has 0 aliphatic heterocycles. The SMILES string of the molecule is CC(C)COc1ccc(CCCBr)cc1C(C)C. The Labute approximate surface area is 120 Å². The third-order valence-corrected chi connectivity index (χ3v) is 3.43. The van der Waals surface area contributed by atoms with E-state index in [4.69, 9.17) is 4.74 Å². The lowest BCUT2D eigenvalue weighted by atomic mass is 9.98. The fraction of sp³-hybridized carbons (Fsp3) is 0.625. The predicted molar refractivity (Wildman–Crippen MR) is 83.0 cm³/mol. The lowest BCUT2D eigenvalue weighted by Crippen LogP contribution is -2.07. The first-order chi connectivity index (χ1) is 8.54. The molecule has 1 aromatic carbocycles. The standard InChI is InChI=1S/C16H25BrO/c1-12(2)11-18-16-8-7-14(6-5-9-17)10-15(16)13(3)4/h7-8,10,12-13H,5-6,9,11H2,1-4H3. The van der Waals surface area contributed by atoms with Gasteiger partial charge in [-0.05, 0) is 41.9 Å². The van der Waals surface area contributed by atoms with Crippen LogP contribution in [0.25, 0.3) is 0 Å². The zero-order valence-electron chi connectivity index (χ0n) is 12.0. The van der Waals surface area contributed by atoms with Crippen LogP contribution in [0.1, 0.15) is 51.2 Å². The highest BCUT2D eigenvalue weighted by Gasteiger charge is 2.09. The summed E-state index contributed by atoms with van der Waals surface area (Å²) in [6.07, 6.45) is 2.32. The van der Waals surface area contributed by atoms with Crippen LogP contribution in [-0.4, -0.2) is 11.9 Å². The molecule has 0 fully saturated rings. The predicted octanol–water partition coefficient (Wildman–Crippen LogP) is 5.17. The Balaban J connectivity index is 2.83. The first-order valence-corrected chi connectivity index (χ1v) is 7.98. The zero-order valence-corrected chi connectivity index (χ0v) is 13.6. The maximum absolute atomic E-state index is 5.91. The van der Waals surface area contributed by atoms with Gasteiger partial charge in [0.2, 0.25) is 0 Å². The Kier molecular flexibility index (Phi) is 6.77. The Morgan fingerprint density at radius 3 is 2.44 bits per heavy atom. The van der Waals surface area contributed by atoms with Gasteiger partial charge >= 0.3 is 0 Å². The van der Waals surface area contributed by atoms with E-state index in [1.807, 2.05) is 0 Å². The summed E-state index contributed by atoms with van der Waals surface area (Å²) in [6.45, 7) is 9.61. The molecule has 0 aliphatic rings. The van der Waals surface area contributed by atoms with Crippen molar-refractivity contribution in [2.75, 3.05) is 11.9 Å². The van der Waals surface area contributed by atoms with E-state index in [9.17, 15) is 0 Å². The van der Waals surface area contributed by atoms with E-state index in [1.54, 1.807) is 0 Å². The molecule has 0 saturated carbocycles. The van der Waals surface area contributed by atoms with Crippen molar-refractivity contribution in [1.29, 1.82) is 0 Å². The van der Waals surface area contributed by atoms with Crippen LogP contribution in [0.2, 0.25) is 0 Å². The third-order valence-electron chi connectivity index (χ3n) is 2.87. The second-order valence-electron chi connectivity index (χ2n) is 5.52. The van der Waals surface area contributed by atoms with Crippen LogP contribution in [0, 0.1) is 5.92 Å². The van der Waals surface area contributed by atoms with Crippen LogP contribution >= 0.6 is 15.9 Å². The maximum Gasteiger partial charge on any atom is 0.122 e. The Morgan fingerprint density at radius 2 is 1.89 bits per heavy atom. The summed E-state index contributed by atoms with van der Waals surface area (Å²) in [4.78, 5) is 0. The average molecular weight is 313 g/mol. The number of hydrogen-bond acceptors (Lipinski definition) is 1. The molecule has 0 bridgehead atoms. The lowest BCUT2D eigenvalue weighted by Gasteiger charge is -2.16. The van der Waals surface area contributed by atoms with Crippen molar-refractivity contribution in [3.8, 4) is 5.75 Å². The van der Waals surface area contributed by atoms with E-state index >= 15 is 0 Å². The van der Waals surface area contributed by atoms with Crippen LogP contribution in [0.15, 0.2) is 18.2 Å². The van der Waals surface area contributed by atoms with Gasteiger partial charge in [0.1, 0.15) is 5.75 Å². The van der Waals surface area contributed by atoms with Crippen molar-refractivity contribution in [1.82, 2.24) is 0 Å². The Morgan fingerprint density at radius 1 is 1.17 bits per heavy atom. The maximum atomic E-state index is 5.91. The molecule has 1 rings (SSSR count). The van der Waals surface area contributed by atoms with Crippen molar-refractivity contribution >= 4 is 15.9 Å². The van der Waals surface area contributed by atoms with Gasteiger partial charge in [0, 0.05) is 5.33 Å². The summed E-state index contributed by atoms with van der Waals surface area (Å²) in [5.74, 6) is 2.13. The smallest absolute Gasteiger partial charge is 0.122 e. The van der Waals surface area contributed by atoms with Crippen molar-refractivity contribution < 1.29 is 4.74 Å². The summed E-state index contributed by atoms with van der Waals surface area (Å²) in [6, 6.07) is 6.65. The van der Waals surface area contributed by atoms with Gasteiger partial charge in [-0.1, -0.05) is 55.8 Å². The fourth-order valence-corrected chi connectivity index (χ4v) is 2.14. The van der Waals surface area contributed by atoms with E-state index in [-0.39, 0.29) is 0 Å². The van der Waals surface area contributed by atoms with Gasteiger partial charge < -0.3 is 4.74 Å². The van der Waals surface area contributed by atoms with E-state index in [1.165, 1.54) is 17.5 Å². The molecule has 0 heterocycles. The molecule has 2 heteroatoms. The Hall–Kier alpha value is -0.500. The molecule has 1 aromatic rings. The minimum atomic E-state index is 0.510. The molecule has 0 aromatic heterocycles. The summed E-state index contributed by atoms with van der Waals surface area (Å²) in [5, 5.41) is 1.07. The molecular formula is C16H25BrO. The minimum Gasteiger partial charge on any atom is -0.493 e. The highest BCUT2D eigenvalue weighted by Crippen LogP contribution is 2.28. The number of ether oxygens (including phenoxy) is 1. The van der Waals surface area contributed by atoms with Gasteiger partial charge in [-0.3, -0.25) is 0 Å². The lowest BCUT2D eigenvalue weighted by molar-refractivity contribution is 0.267. The van der Waals surface area contributed by atoms with E-state index in [2.05, 4.69) is 61.8 Å². The van der Waals surface area contributed by atoms with E-state index in [0.29, 0.717) is 11.8 Å². The molecule has 0 N–H and O–H groups in total. The van der Waals surface area contributed by atoms with Crippen molar-refractivity contribution in [2.45, 2.75) is 46.5 Å². The topological polar surface area (TPSA) is 9.23 Å². The molecule has 0 atom stereocenters. The van der Waals surface area contributed by atoms with Gasteiger partial charge in [0.25, 0.3) is 0 Å². The Bertz CT molecular complexity index is 358. The monoisotopic (exact) mass is 312 g/mol. The van der Waals surface area contributed by atoms with Gasteiger partial charge in [0.05, 0.1) is 6.61 Å². The number of benzene rings is 1. The number of aryl methyl sites for hydroxylation is 1. The molecule has 0 spiro atoms. The summed E-state index contributed by atoms with van der Waals surface area (Å²) < 4.78 is 5.91. The first kappa shape index (κ1) is 15.6. The molecule has 0 amide bonds. The molecule has 0 unspecified atom stereocenters. The molecule has 102 valence electrons. The number of hydrogen-bond donors (Lipinski definition) is 0. The van der Waals surface area contributed by atoms with Crippen molar-refractivity contribution in [2.24, 2.45) is 5.92 Å². The zero-order chi connectivity index (χ0) is 13.5. The van der Waals surface area contributed by atoms with Gasteiger partial charge in [0.15, 0.2) is 0 Å². The second-order valence-corrected chi connectivity index (χ2v) is 6.32. The average Bonchev–Trinajstić information content (AvgIpc) is 2.34. The number of rotatable bonds is 7. The van der Waals surface area contributed by atoms with Crippen LogP contribution in [-0.2, 0) is 6.42 Å². The van der Waals surface area contributed by atoms with Crippen LogP contribution < -0.4 is 4.74 Å². The van der Waals surface area contributed by atoms with Crippen LogP contribution in [0.5, 0.6) is 5.75 Å². The molecule has 0 radical (unpaired) electrons. The van der Waals surface area contributed by atoms with E-state index < -0.39 is 0 Å². The highest BCUT2D eigenvalue weighted by molar-refractivity contribution is 9.09. The van der Waals surface area contributed by atoms with Crippen molar-refractivity contribution in [3.05, 3.63) is 29.3 Å². The fourth-order valence-electron chi connectivity index (χ4n) is 1.86. The van der Waals surface area contributed by atoms with Crippen molar-refractivity contribution in [3.63, 3.8) is 0 Å². The minimum absolute atomic E-state index is 0.510. The summed E-state index contributed by atoms with van der Waals surface area (Å²) in [5.41, 5.74) is 2.75. The summed E-state index contributed by atoms with van der Waals surface area (Å²) in [7, 11) is 0. The summed E-state index contributed by atoms with van der Waals surface area (Å²) >= 11 is 3.48. The first-order valence-electron chi connectivity index (χ1n) is 6.86. The van der Waals surface area contributed by atoms with Gasteiger partial charge in [-0.2, -0.15) is 0 Å². The van der Waals surface area contributed by atoms with E-state index in [0.717, 1.165) is 24.1 Å². The number of halogens is 1. The highest BCUT2D eigenvalue weighted by atomic mass is 79.9. The molecule has 0 saturated heterocycles. The second kappa shape index (κ2) is 7.83. The normalized spacial score (nSPS) is 11.3. The van der Waals surface area contributed by atoms with Crippen LogP contribution in [0.3, 0.4) is 0 Å². The molecule has 18 heavy (non-hydrogen) atoms. The number of alkyl halides is 1. The van der Waals surface area contributed by atoms with Gasteiger partial charge in [-0.25, -0.2) is 0 Å². The molecule has 1 nitrogen and oxygen atoms in total. The van der Waals surface area contributed by atoms with Crippen LogP contribution in [0.4, 0.5) is 0 Å². The molecule has 0 aliphatic carbocycles. The van der Waals surface area contributed by atoms with Gasteiger partial charge in [-0.15, -0.1) is 0 Å². The molecular weight excluding hydrogens is 288 g/mol. The quantitative estimate of drug-likeness (QED) is 0.631. The largest absolute Gasteiger partial charge is 0.493 e.